The van der Waals surface area contributed by atoms with Gasteiger partial charge in [-0.15, -0.1) is 0 Å². The van der Waals surface area contributed by atoms with Crippen LogP contribution in [0.1, 0.15) is 25.7 Å². The summed E-state index contributed by atoms with van der Waals surface area (Å²) >= 11 is 0. The molecule has 6 unspecified atom stereocenters. The number of carboxylic acid groups (broad SMARTS) is 1. The van der Waals surface area contributed by atoms with Crippen molar-refractivity contribution >= 4 is 35.8 Å². The summed E-state index contributed by atoms with van der Waals surface area (Å²) in [6.07, 6.45) is 9.68. The van der Waals surface area contributed by atoms with E-state index in [1.807, 2.05) is 18.2 Å². The Morgan fingerprint density at radius 2 is 1.27 bits per heavy atom. The fourth-order valence-corrected chi connectivity index (χ4v) is 6.30. The number of rotatable bonds is 11. The lowest BCUT2D eigenvalue weighted by Crippen LogP contribution is -2.46. The van der Waals surface area contributed by atoms with Gasteiger partial charge in [0.05, 0.1) is 31.7 Å². The van der Waals surface area contributed by atoms with Gasteiger partial charge in [0.15, 0.2) is 0 Å². The number of carbonyl (C=O) groups is 6. The van der Waals surface area contributed by atoms with Crippen molar-refractivity contribution in [1.82, 2.24) is 0 Å². The Morgan fingerprint density at radius 1 is 0.800 bits per heavy atom. The molecule has 0 saturated carbocycles. The zero-order valence-electron chi connectivity index (χ0n) is 24.3. The van der Waals surface area contributed by atoms with Crippen LogP contribution in [-0.4, -0.2) is 109 Å². The zero-order valence-corrected chi connectivity index (χ0v) is 24.3. The van der Waals surface area contributed by atoms with Crippen LogP contribution in [0.3, 0.4) is 0 Å². The lowest BCUT2D eigenvalue weighted by molar-refractivity contribution is -0.158. The topological polar surface area (TPSA) is 207 Å². The minimum Gasteiger partial charge on any atom is -0.481 e. The summed E-state index contributed by atoms with van der Waals surface area (Å²) in [5, 5.41) is 17.0. The fraction of sp³-hybridized carbons (Fsp3) is 0.533. The zero-order chi connectivity index (χ0) is 32.9. The van der Waals surface area contributed by atoms with Crippen molar-refractivity contribution in [3.8, 4) is 0 Å². The number of ether oxygens (including phenoxy) is 7. The number of cyclic esters (lactones) is 2. The number of carboxylic acids is 1. The highest BCUT2D eigenvalue weighted by Crippen LogP contribution is 2.59. The first kappa shape index (κ1) is 33.6. The van der Waals surface area contributed by atoms with Crippen LogP contribution >= 0.6 is 0 Å². The number of esters is 5. The Kier molecular flexibility index (Phi) is 9.95. The summed E-state index contributed by atoms with van der Waals surface area (Å²) in [6, 6.07) is 0. The summed E-state index contributed by atoms with van der Waals surface area (Å²) in [6.45, 7) is 6.46. The van der Waals surface area contributed by atoms with Crippen LogP contribution in [0.25, 0.3) is 0 Å². The molecule has 0 aromatic carbocycles. The lowest BCUT2D eigenvalue weighted by Gasteiger charge is -2.30. The summed E-state index contributed by atoms with van der Waals surface area (Å²) in [5.74, 6) is -3.47. The number of aliphatic hydroxyl groups excluding tert-OH is 1. The van der Waals surface area contributed by atoms with E-state index in [1.165, 1.54) is 0 Å². The van der Waals surface area contributed by atoms with Crippen LogP contribution in [0.4, 0.5) is 0 Å². The third-order valence-electron chi connectivity index (χ3n) is 8.38. The summed E-state index contributed by atoms with van der Waals surface area (Å²) in [7, 11) is 0. The van der Waals surface area contributed by atoms with Gasteiger partial charge >= 0.3 is 35.8 Å². The van der Waals surface area contributed by atoms with E-state index in [4.69, 9.17) is 38.6 Å². The van der Waals surface area contributed by atoms with Crippen LogP contribution in [0.15, 0.2) is 49.6 Å². The first-order chi connectivity index (χ1) is 21.4. The highest BCUT2D eigenvalue weighted by Gasteiger charge is 2.71. The number of aliphatic hydroxyl groups is 1. The number of hydrogen-bond donors (Lipinski definition) is 2. The smallest absolute Gasteiger partial charge is 0.330 e. The Morgan fingerprint density at radius 3 is 1.71 bits per heavy atom. The highest BCUT2D eigenvalue weighted by molar-refractivity contribution is 5.89. The van der Waals surface area contributed by atoms with Crippen LogP contribution in [0.2, 0.25) is 0 Å². The molecule has 4 fully saturated rings. The molecule has 6 atom stereocenters. The molecule has 6 heterocycles. The maximum Gasteiger partial charge on any atom is 0.330 e. The number of hydrogen-bond acceptors (Lipinski definition) is 14. The van der Waals surface area contributed by atoms with Crippen molar-refractivity contribution in [2.75, 3.05) is 39.6 Å². The predicted octanol–water partition coefficient (Wildman–Crippen LogP) is 0.0993. The van der Waals surface area contributed by atoms with Crippen molar-refractivity contribution in [2.24, 2.45) is 10.8 Å². The van der Waals surface area contributed by atoms with Gasteiger partial charge in [0.1, 0.15) is 55.1 Å². The molecule has 2 spiro atoms. The van der Waals surface area contributed by atoms with Gasteiger partial charge in [0.2, 0.25) is 0 Å². The Bertz CT molecular complexity index is 1320. The average Bonchev–Trinajstić information content (AvgIpc) is 3.84. The molecule has 0 radical (unpaired) electrons. The van der Waals surface area contributed by atoms with E-state index in [0.29, 0.717) is 12.8 Å². The van der Waals surface area contributed by atoms with Crippen molar-refractivity contribution in [2.45, 2.75) is 49.1 Å². The molecule has 2 N–H and O–H groups in total. The van der Waals surface area contributed by atoms with Crippen LogP contribution in [0.5, 0.6) is 0 Å². The minimum absolute atomic E-state index is 0.0465. The Hall–Kier alpha value is -4.34. The molecule has 6 aliphatic heterocycles. The molecule has 0 amide bonds. The molecule has 15 heteroatoms. The number of fused-ring (bicyclic) bond motifs is 2. The molecule has 6 aliphatic rings. The third kappa shape index (κ3) is 6.28. The van der Waals surface area contributed by atoms with Crippen LogP contribution in [0, 0.1) is 10.8 Å². The van der Waals surface area contributed by atoms with Gasteiger partial charge in [0.25, 0.3) is 0 Å². The normalized spacial score (nSPS) is 33.4. The second-order valence-corrected chi connectivity index (χ2v) is 11.0. The van der Waals surface area contributed by atoms with Crippen molar-refractivity contribution in [3.63, 3.8) is 0 Å². The SMILES string of the molecule is C=CC(=O)OCCO.C=CC(=O)OCCOC(=O)CC12CC3C=CC1(COC2=O)O3.O=C(O)CC12CC3C=CC1(COC2=O)O3. The fourth-order valence-electron chi connectivity index (χ4n) is 6.30. The van der Waals surface area contributed by atoms with Gasteiger partial charge in [-0.25, -0.2) is 9.59 Å². The van der Waals surface area contributed by atoms with Crippen molar-refractivity contribution in [1.29, 1.82) is 0 Å². The minimum atomic E-state index is -0.999. The number of aliphatic carboxylic acids is 1. The third-order valence-corrected chi connectivity index (χ3v) is 8.38. The quantitative estimate of drug-likeness (QED) is 0.102. The van der Waals surface area contributed by atoms with Gasteiger partial charge in [-0.1, -0.05) is 25.3 Å². The van der Waals surface area contributed by atoms with Crippen molar-refractivity contribution < 1.29 is 72.1 Å². The van der Waals surface area contributed by atoms with Crippen LogP contribution < -0.4 is 0 Å². The molecule has 244 valence electrons. The molecular weight excluding hydrogens is 600 g/mol. The second-order valence-electron chi connectivity index (χ2n) is 11.0. The van der Waals surface area contributed by atoms with E-state index in [1.54, 1.807) is 6.08 Å². The molecule has 6 rings (SSSR count). The first-order valence-electron chi connectivity index (χ1n) is 14.1. The van der Waals surface area contributed by atoms with Gasteiger partial charge in [-0.3, -0.25) is 19.2 Å². The van der Waals surface area contributed by atoms with Gasteiger partial charge < -0.3 is 43.4 Å². The van der Waals surface area contributed by atoms with E-state index in [2.05, 4.69) is 17.9 Å². The van der Waals surface area contributed by atoms with E-state index >= 15 is 0 Å². The molecule has 0 aliphatic carbocycles. The lowest BCUT2D eigenvalue weighted by atomic mass is 9.68. The van der Waals surface area contributed by atoms with E-state index < -0.39 is 57.8 Å². The van der Waals surface area contributed by atoms with Gasteiger partial charge in [-0.05, 0) is 25.0 Å². The van der Waals surface area contributed by atoms with Crippen LogP contribution in [-0.2, 0) is 61.9 Å². The highest BCUT2D eigenvalue weighted by atomic mass is 16.6. The average molecular weight is 635 g/mol. The molecule has 0 aromatic heterocycles. The molecule has 15 nitrogen and oxygen atoms in total. The summed E-state index contributed by atoms with van der Waals surface area (Å²) in [5.41, 5.74) is -3.64. The van der Waals surface area contributed by atoms with E-state index in [0.717, 1.165) is 12.2 Å². The number of carbonyl (C=O) groups excluding carboxylic acids is 5. The molecular formula is C30H34O15. The Balaban J connectivity index is 0.000000173. The molecule has 4 saturated heterocycles. The van der Waals surface area contributed by atoms with Gasteiger partial charge in [0, 0.05) is 12.2 Å². The predicted molar refractivity (Wildman–Crippen MR) is 147 cm³/mol. The molecule has 0 aromatic rings. The summed E-state index contributed by atoms with van der Waals surface area (Å²) < 4.78 is 35.6. The Labute approximate surface area is 257 Å². The molecule has 45 heavy (non-hydrogen) atoms. The van der Waals surface area contributed by atoms with Crippen molar-refractivity contribution in [3.05, 3.63) is 49.6 Å². The second kappa shape index (κ2) is 13.3. The maximum atomic E-state index is 12.1. The summed E-state index contributed by atoms with van der Waals surface area (Å²) in [4.78, 5) is 67.6. The van der Waals surface area contributed by atoms with Gasteiger partial charge in [-0.2, -0.15) is 0 Å². The maximum absolute atomic E-state index is 12.1. The monoisotopic (exact) mass is 634 g/mol. The van der Waals surface area contributed by atoms with E-state index in [-0.39, 0.29) is 64.7 Å². The van der Waals surface area contributed by atoms with E-state index in [9.17, 15) is 28.8 Å². The molecule has 4 bridgehead atoms. The first-order valence-corrected chi connectivity index (χ1v) is 14.1. The largest absolute Gasteiger partial charge is 0.481 e. The standard InChI is InChI=1S/C15H16O7.C10H10O5.C5H8O3/c1-2-11(16)19-5-6-20-12(17)8-14-7-10-3-4-15(14,22-10)9-21-13(14)18;11-7(12)4-9-3-6-1-2-10(9,15-6)5-14-8(9)13;1-2-5(7)8-4-3-6/h2-4,10H,1,5-9H2;1-2,6H,3-5H2,(H,11,12);2,6H,1,3-4H2.